The Morgan fingerprint density at radius 2 is 2.19 bits per heavy atom. The van der Waals surface area contributed by atoms with Gasteiger partial charge >= 0.3 is 6.09 Å². The quantitative estimate of drug-likeness (QED) is 0.740. The van der Waals surface area contributed by atoms with E-state index >= 15 is 0 Å². The highest BCUT2D eigenvalue weighted by molar-refractivity contribution is 5.67. The van der Waals surface area contributed by atoms with Crippen LogP contribution in [0.1, 0.15) is 5.56 Å². The van der Waals surface area contributed by atoms with Gasteiger partial charge in [0.05, 0.1) is 12.6 Å². The fourth-order valence-electron chi connectivity index (χ4n) is 1.10. The third-order valence-electron chi connectivity index (χ3n) is 2.00. The topological polar surface area (TPSA) is 58.6 Å². The van der Waals surface area contributed by atoms with Crippen LogP contribution < -0.4 is 5.32 Å². The number of hydrogen-bond acceptors (Lipinski definition) is 3. The lowest BCUT2D eigenvalue weighted by molar-refractivity contribution is 0.133. The molecule has 0 aliphatic heterocycles. The Morgan fingerprint density at radius 1 is 1.50 bits per heavy atom. The second kappa shape index (κ2) is 6.63. The van der Waals surface area contributed by atoms with Crippen LogP contribution in [0, 0.1) is 0 Å². The van der Waals surface area contributed by atoms with Gasteiger partial charge in [-0.05, 0) is 5.56 Å². The van der Waals surface area contributed by atoms with Gasteiger partial charge in [-0.3, -0.25) is 0 Å². The van der Waals surface area contributed by atoms with Crippen LogP contribution in [-0.4, -0.2) is 23.8 Å². The molecule has 86 valence electrons. The molecule has 0 spiro atoms. The molecule has 0 aliphatic rings. The highest BCUT2D eigenvalue weighted by atomic mass is 16.5. The molecule has 0 fully saturated rings. The Balaban J connectivity index is 2.33. The summed E-state index contributed by atoms with van der Waals surface area (Å²) >= 11 is 0. The molecular formula is C12H15NO3. The average molecular weight is 221 g/mol. The third kappa shape index (κ3) is 4.14. The predicted molar refractivity (Wildman–Crippen MR) is 60.8 cm³/mol. The summed E-state index contributed by atoms with van der Waals surface area (Å²) in [6.07, 6.45) is 0.881. The third-order valence-corrected chi connectivity index (χ3v) is 2.00. The molecule has 1 aromatic rings. The lowest BCUT2D eigenvalue weighted by Gasteiger charge is -2.11. The van der Waals surface area contributed by atoms with Gasteiger partial charge in [-0.1, -0.05) is 36.4 Å². The summed E-state index contributed by atoms with van der Waals surface area (Å²) in [7, 11) is 0. The molecule has 16 heavy (non-hydrogen) atoms. The standard InChI is InChI=1S/C12H15NO3/c1-2-11(8-14)13-12(15)16-9-10-6-4-3-5-7-10/h2-7,11,14H,1,8-9H2,(H,13,15)/t11-/m1/s1. The number of aliphatic hydroxyl groups excluding tert-OH is 1. The molecule has 0 aliphatic carbocycles. The maximum Gasteiger partial charge on any atom is 0.408 e. The molecule has 1 amide bonds. The van der Waals surface area contributed by atoms with Crippen LogP contribution in [0.5, 0.6) is 0 Å². The van der Waals surface area contributed by atoms with Gasteiger partial charge < -0.3 is 15.2 Å². The minimum absolute atomic E-state index is 0.191. The van der Waals surface area contributed by atoms with Crippen molar-refractivity contribution in [3.05, 3.63) is 48.6 Å². The molecule has 0 aromatic heterocycles. The van der Waals surface area contributed by atoms with Gasteiger partial charge in [-0.25, -0.2) is 4.79 Å². The summed E-state index contributed by atoms with van der Waals surface area (Å²) in [5.41, 5.74) is 0.914. The van der Waals surface area contributed by atoms with E-state index in [1.165, 1.54) is 6.08 Å². The average Bonchev–Trinajstić information content (AvgIpc) is 2.34. The highest BCUT2D eigenvalue weighted by Crippen LogP contribution is 2.00. The summed E-state index contributed by atoms with van der Waals surface area (Å²) in [6.45, 7) is 3.49. The van der Waals surface area contributed by atoms with E-state index in [4.69, 9.17) is 9.84 Å². The van der Waals surface area contributed by atoms with E-state index in [2.05, 4.69) is 11.9 Å². The number of nitrogens with one attached hydrogen (secondary N) is 1. The van der Waals surface area contributed by atoms with Crippen molar-refractivity contribution in [3.63, 3.8) is 0 Å². The molecule has 0 unspecified atom stereocenters. The van der Waals surface area contributed by atoms with Crippen LogP contribution in [0.15, 0.2) is 43.0 Å². The molecule has 0 saturated heterocycles. The van der Waals surface area contributed by atoms with Crippen LogP contribution in [0.2, 0.25) is 0 Å². The molecule has 0 bridgehead atoms. The van der Waals surface area contributed by atoms with E-state index in [0.717, 1.165) is 5.56 Å². The number of carbonyl (C=O) groups excluding carboxylic acids is 1. The first-order valence-corrected chi connectivity index (χ1v) is 4.97. The summed E-state index contributed by atoms with van der Waals surface area (Å²) in [5.74, 6) is 0. The van der Waals surface area contributed by atoms with Gasteiger partial charge in [0.1, 0.15) is 6.61 Å². The number of aliphatic hydroxyl groups is 1. The second-order valence-corrected chi connectivity index (χ2v) is 3.23. The lowest BCUT2D eigenvalue weighted by Crippen LogP contribution is -2.36. The van der Waals surface area contributed by atoms with E-state index in [1.807, 2.05) is 30.3 Å². The monoisotopic (exact) mass is 221 g/mol. The van der Waals surface area contributed by atoms with Crippen LogP contribution in [0.25, 0.3) is 0 Å². The summed E-state index contributed by atoms with van der Waals surface area (Å²) in [4.78, 5) is 11.3. The van der Waals surface area contributed by atoms with Gasteiger partial charge in [0.2, 0.25) is 0 Å². The van der Waals surface area contributed by atoms with E-state index in [9.17, 15) is 4.79 Å². The molecule has 0 saturated carbocycles. The molecule has 0 heterocycles. The highest BCUT2D eigenvalue weighted by Gasteiger charge is 2.08. The van der Waals surface area contributed by atoms with Crippen LogP contribution >= 0.6 is 0 Å². The Hall–Kier alpha value is -1.81. The number of alkyl carbamates (subject to hydrolysis) is 1. The molecule has 1 rings (SSSR count). The van der Waals surface area contributed by atoms with E-state index in [-0.39, 0.29) is 13.2 Å². The zero-order chi connectivity index (χ0) is 11.8. The summed E-state index contributed by atoms with van der Waals surface area (Å²) in [6, 6.07) is 8.90. The molecule has 0 radical (unpaired) electrons. The number of hydrogen-bond donors (Lipinski definition) is 2. The minimum atomic E-state index is -0.567. The number of amides is 1. The van der Waals surface area contributed by atoms with Gasteiger partial charge in [-0.15, -0.1) is 6.58 Å². The van der Waals surface area contributed by atoms with Crippen molar-refractivity contribution in [2.45, 2.75) is 12.6 Å². The maximum absolute atomic E-state index is 11.3. The molecule has 2 N–H and O–H groups in total. The second-order valence-electron chi connectivity index (χ2n) is 3.23. The maximum atomic E-state index is 11.3. The largest absolute Gasteiger partial charge is 0.445 e. The van der Waals surface area contributed by atoms with Crippen molar-refractivity contribution >= 4 is 6.09 Å². The van der Waals surface area contributed by atoms with Crippen LogP contribution in [-0.2, 0) is 11.3 Å². The van der Waals surface area contributed by atoms with Crippen molar-refractivity contribution in [1.29, 1.82) is 0 Å². The van der Waals surface area contributed by atoms with Crippen molar-refractivity contribution in [3.8, 4) is 0 Å². The smallest absolute Gasteiger partial charge is 0.408 e. The first-order valence-electron chi connectivity index (χ1n) is 4.97. The van der Waals surface area contributed by atoms with Gasteiger partial charge in [0.25, 0.3) is 0 Å². The van der Waals surface area contributed by atoms with Crippen LogP contribution in [0.3, 0.4) is 0 Å². The SMILES string of the molecule is C=C[C@H](CO)NC(=O)OCc1ccccc1. The first-order chi connectivity index (χ1) is 7.76. The van der Waals surface area contributed by atoms with Gasteiger partial charge in [0.15, 0.2) is 0 Å². The van der Waals surface area contributed by atoms with Crippen molar-refractivity contribution in [2.75, 3.05) is 6.61 Å². The number of benzene rings is 1. The Labute approximate surface area is 94.6 Å². The van der Waals surface area contributed by atoms with Crippen molar-refractivity contribution < 1.29 is 14.6 Å². The minimum Gasteiger partial charge on any atom is -0.445 e. The fraction of sp³-hybridized carbons (Fsp3) is 0.250. The first kappa shape index (κ1) is 12.3. The van der Waals surface area contributed by atoms with Crippen LogP contribution in [0.4, 0.5) is 4.79 Å². The molecule has 4 heteroatoms. The Bertz CT molecular complexity index is 337. The molecule has 4 nitrogen and oxygen atoms in total. The predicted octanol–water partition coefficient (Wildman–Crippen LogP) is 1.46. The normalized spacial score (nSPS) is 11.6. The lowest BCUT2D eigenvalue weighted by atomic mass is 10.2. The molecular weight excluding hydrogens is 206 g/mol. The zero-order valence-electron chi connectivity index (χ0n) is 8.93. The van der Waals surface area contributed by atoms with E-state index in [0.29, 0.717) is 0 Å². The van der Waals surface area contributed by atoms with Gasteiger partial charge in [0, 0.05) is 0 Å². The number of rotatable bonds is 5. The Kier molecular flexibility index (Phi) is 5.08. The van der Waals surface area contributed by atoms with Crippen molar-refractivity contribution in [2.24, 2.45) is 0 Å². The Morgan fingerprint density at radius 3 is 2.75 bits per heavy atom. The molecule has 1 atom stereocenters. The van der Waals surface area contributed by atoms with E-state index in [1.54, 1.807) is 0 Å². The van der Waals surface area contributed by atoms with Gasteiger partial charge in [-0.2, -0.15) is 0 Å². The zero-order valence-corrected chi connectivity index (χ0v) is 8.93. The van der Waals surface area contributed by atoms with E-state index < -0.39 is 12.1 Å². The summed E-state index contributed by atoms with van der Waals surface area (Å²) < 4.78 is 4.95. The molecule has 1 aromatic carbocycles. The number of carbonyl (C=O) groups is 1. The fourth-order valence-corrected chi connectivity index (χ4v) is 1.10. The summed E-state index contributed by atoms with van der Waals surface area (Å²) in [5, 5.41) is 11.3. The van der Waals surface area contributed by atoms with Crippen molar-refractivity contribution in [1.82, 2.24) is 5.32 Å². The number of ether oxygens (including phenoxy) is 1.